The molecular formula is C22H23N5O. The summed E-state index contributed by atoms with van der Waals surface area (Å²) in [6.07, 6.45) is 2.94. The van der Waals surface area contributed by atoms with Gasteiger partial charge in [-0.3, -0.25) is 0 Å². The van der Waals surface area contributed by atoms with Gasteiger partial charge in [0.25, 0.3) is 0 Å². The minimum atomic E-state index is 0.464. The van der Waals surface area contributed by atoms with Gasteiger partial charge in [-0.1, -0.05) is 43.3 Å². The van der Waals surface area contributed by atoms with Gasteiger partial charge in [0.2, 0.25) is 0 Å². The van der Waals surface area contributed by atoms with Crippen molar-refractivity contribution < 1.29 is 4.74 Å². The molecule has 0 saturated carbocycles. The van der Waals surface area contributed by atoms with Crippen LogP contribution >= 0.6 is 0 Å². The third-order valence-electron chi connectivity index (χ3n) is 4.81. The summed E-state index contributed by atoms with van der Waals surface area (Å²) in [5, 5.41) is 15.1. The van der Waals surface area contributed by atoms with Gasteiger partial charge in [-0.2, -0.15) is 0 Å². The van der Waals surface area contributed by atoms with Crippen molar-refractivity contribution in [2.45, 2.75) is 32.8 Å². The second-order valence-corrected chi connectivity index (χ2v) is 7.12. The Balaban J connectivity index is 1.28. The summed E-state index contributed by atoms with van der Waals surface area (Å²) in [7, 11) is 0. The third-order valence-corrected chi connectivity index (χ3v) is 4.81. The lowest BCUT2D eigenvalue weighted by atomic mass is 9.96. The Kier molecular flexibility index (Phi) is 5.56. The van der Waals surface area contributed by atoms with Crippen molar-refractivity contribution in [2.75, 3.05) is 0 Å². The fraction of sp³-hybridized carbons (Fsp3) is 0.273. The normalized spacial score (nSPS) is 12.2. The van der Waals surface area contributed by atoms with Crippen molar-refractivity contribution in [1.82, 2.24) is 25.6 Å². The van der Waals surface area contributed by atoms with Crippen molar-refractivity contribution >= 4 is 10.9 Å². The first-order valence-corrected chi connectivity index (χ1v) is 9.55. The molecule has 0 saturated heterocycles. The van der Waals surface area contributed by atoms with Crippen molar-refractivity contribution in [1.29, 1.82) is 0 Å². The van der Waals surface area contributed by atoms with Crippen molar-refractivity contribution in [3.05, 3.63) is 77.7 Å². The Morgan fingerprint density at radius 1 is 1.00 bits per heavy atom. The number of aromatic amines is 1. The first-order valence-electron chi connectivity index (χ1n) is 9.55. The van der Waals surface area contributed by atoms with Gasteiger partial charge in [0, 0.05) is 11.8 Å². The van der Waals surface area contributed by atoms with Crippen LogP contribution in [0.15, 0.2) is 60.7 Å². The molecule has 0 aliphatic heterocycles. The molecule has 2 heterocycles. The van der Waals surface area contributed by atoms with Crippen LogP contribution in [0.25, 0.3) is 10.9 Å². The van der Waals surface area contributed by atoms with E-state index in [0.717, 1.165) is 47.4 Å². The van der Waals surface area contributed by atoms with E-state index in [9.17, 15) is 0 Å². The number of ether oxygens (including phenoxy) is 1. The van der Waals surface area contributed by atoms with Crippen molar-refractivity contribution in [3.63, 3.8) is 0 Å². The molecule has 142 valence electrons. The molecule has 0 aliphatic carbocycles. The third kappa shape index (κ3) is 4.71. The number of hydrogen-bond acceptors (Lipinski definition) is 5. The van der Waals surface area contributed by atoms with Crippen LogP contribution < -0.4 is 4.74 Å². The number of rotatable bonds is 8. The van der Waals surface area contributed by atoms with Gasteiger partial charge < -0.3 is 4.74 Å². The summed E-state index contributed by atoms with van der Waals surface area (Å²) >= 11 is 0. The SMILES string of the molecule is CC(CCc1nnn[nH]1)Cc1ccc(OCc2ccc3ccccc3n2)cc1. The van der Waals surface area contributed by atoms with Crippen molar-refractivity contribution in [3.8, 4) is 5.75 Å². The Morgan fingerprint density at radius 3 is 2.68 bits per heavy atom. The Hall–Kier alpha value is -3.28. The maximum Gasteiger partial charge on any atom is 0.148 e. The molecular weight excluding hydrogens is 350 g/mol. The average molecular weight is 373 g/mol. The molecule has 6 heteroatoms. The van der Waals surface area contributed by atoms with E-state index in [-0.39, 0.29) is 0 Å². The lowest BCUT2D eigenvalue weighted by Crippen LogP contribution is -2.03. The Labute approximate surface area is 164 Å². The number of para-hydroxylation sites is 1. The second-order valence-electron chi connectivity index (χ2n) is 7.12. The molecule has 6 nitrogen and oxygen atoms in total. The fourth-order valence-electron chi connectivity index (χ4n) is 3.24. The first-order chi connectivity index (χ1) is 13.8. The number of nitrogens with one attached hydrogen (secondary N) is 1. The molecule has 4 rings (SSSR count). The molecule has 1 atom stereocenters. The molecule has 2 aromatic heterocycles. The van der Waals surface area contributed by atoms with Crippen LogP contribution in [0.1, 0.15) is 30.4 Å². The largest absolute Gasteiger partial charge is 0.487 e. The minimum Gasteiger partial charge on any atom is -0.487 e. The molecule has 28 heavy (non-hydrogen) atoms. The molecule has 0 amide bonds. The van der Waals surface area contributed by atoms with E-state index in [1.807, 2.05) is 36.4 Å². The number of H-pyrrole nitrogens is 1. The van der Waals surface area contributed by atoms with Crippen molar-refractivity contribution in [2.24, 2.45) is 5.92 Å². The molecule has 2 aromatic carbocycles. The predicted octanol–water partition coefficient (Wildman–Crippen LogP) is 4.14. The highest BCUT2D eigenvalue weighted by Crippen LogP contribution is 2.19. The maximum absolute atomic E-state index is 5.91. The zero-order valence-corrected chi connectivity index (χ0v) is 15.9. The van der Waals surface area contributed by atoms with E-state index in [0.29, 0.717) is 12.5 Å². The van der Waals surface area contributed by atoms with Gasteiger partial charge in [0.1, 0.15) is 18.2 Å². The fourth-order valence-corrected chi connectivity index (χ4v) is 3.24. The van der Waals surface area contributed by atoms with Gasteiger partial charge in [-0.05, 0) is 59.0 Å². The van der Waals surface area contributed by atoms with Gasteiger partial charge >= 0.3 is 0 Å². The maximum atomic E-state index is 5.91. The van der Waals surface area contributed by atoms with Crippen LogP contribution in [0.3, 0.4) is 0 Å². The van der Waals surface area contributed by atoms with E-state index in [4.69, 9.17) is 4.74 Å². The van der Waals surface area contributed by atoms with Crippen LogP contribution in [0, 0.1) is 5.92 Å². The average Bonchev–Trinajstić information content (AvgIpc) is 3.25. The number of aryl methyl sites for hydroxylation is 1. The molecule has 0 radical (unpaired) electrons. The summed E-state index contributed by atoms with van der Waals surface area (Å²) in [5.74, 6) is 2.26. The summed E-state index contributed by atoms with van der Waals surface area (Å²) < 4.78 is 5.91. The van der Waals surface area contributed by atoms with Gasteiger partial charge in [-0.15, -0.1) is 5.10 Å². The van der Waals surface area contributed by atoms with E-state index >= 15 is 0 Å². The lowest BCUT2D eigenvalue weighted by molar-refractivity contribution is 0.301. The molecule has 0 bridgehead atoms. The highest BCUT2D eigenvalue weighted by molar-refractivity contribution is 5.78. The number of benzene rings is 2. The standard InChI is InChI=1S/C22H23N5O/c1-16(6-13-22-24-26-27-25-22)14-17-7-11-20(12-8-17)28-15-19-10-9-18-4-2-3-5-21(18)23-19/h2-5,7-12,16H,6,13-15H2,1H3,(H,24,25,26,27). The summed E-state index contributed by atoms with van der Waals surface area (Å²) in [5.41, 5.74) is 3.23. The zero-order chi connectivity index (χ0) is 19.2. The first kappa shape index (κ1) is 18.1. The second kappa shape index (κ2) is 8.61. The highest BCUT2D eigenvalue weighted by Gasteiger charge is 2.07. The molecule has 0 aliphatic rings. The molecule has 0 spiro atoms. The number of hydrogen-bond donors (Lipinski definition) is 1. The van der Waals surface area contributed by atoms with Crippen LogP contribution in [-0.4, -0.2) is 25.6 Å². The summed E-state index contributed by atoms with van der Waals surface area (Å²) in [6.45, 7) is 2.71. The molecule has 0 fully saturated rings. The van der Waals surface area contributed by atoms with Crippen LogP contribution in [0.2, 0.25) is 0 Å². The zero-order valence-electron chi connectivity index (χ0n) is 15.9. The molecule has 1 unspecified atom stereocenters. The number of pyridine rings is 1. The smallest absolute Gasteiger partial charge is 0.148 e. The predicted molar refractivity (Wildman–Crippen MR) is 108 cm³/mol. The highest BCUT2D eigenvalue weighted by atomic mass is 16.5. The summed E-state index contributed by atoms with van der Waals surface area (Å²) in [6, 6.07) is 20.5. The Morgan fingerprint density at radius 2 is 1.86 bits per heavy atom. The van der Waals surface area contributed by atoms with E-state index < -0.39 is 0 Å². The monoisotopic (exact) mass is 373 g/mol. The van der Waals surface area contributed by atoms with Crippen LogP contribution in [-0.2, 0) is 19.4 Å². The number of aromatic nitrogens is 5. The lowest BCUT2D eigenvalue weighted by Gasteiger charge is -2.11. The minimum absolute atomic E-state index is 0.464. The number of nitrogens with zero attached hydrogens (tertiary/aromatic N) is 4. The Bertz CT molecular complexity index is 1010. The van der Waals surface area contributed by atoms with Crippen LogP contribution in [0.5, 0.6) is 5.75 Å². The van der Waals surface area contributed by atoms with Gasteiger partial charge in [0.05, 0.1) is 11.2 Å². The van der Waals surface area contributed by atoms with Crippen LogP contribution in [0.4, 0.5) is 0 Å². The number of tetrazole rings is 1. The summed E-state index contributed by atoms with van der Waals surface area (Å²) in [4.78, 5) is 4.65. The topological polar surface area (TPSA) is 76.6 Å². The van der Waals surface area contributed by atoms with E-state index in [2.05, 4.69) is 56.8 Å². The van der Waals surface area contributed by atoms with Gasteiger partial charge in [-0.25, -0.2) is 10.1 Å². The molecule has 4 aromatic rings. The van der Waals surface area contributed by atoms with E-state index in [1.165, 1.54) is 5.56 Å². The van der Waals surface area contributed by atoms with Gasteiger partial charge in [0.15, 0.2) is 0 Å². The quantitative estimate of drug-likeness (QED) is 0.502. The van der Waals surface area contributed by atoms with E-state index in [1.54, 1.807) is 0 Å². The number of fused-ring (bicyclic) bond motifs is 1. The molecule has 1 N–H and O–H groups in total.